The van der Waals surface area contributed by atoms with Crippen LogP contribution in [0.2, 0.25) is 0 Å². The number of anilines is 1. The summed E-state index contributed by atoms with van der Waals surface area (Å²) in [5.74, 6) is 1.86. The number of benzene rings is 3. The minimum Gasteiger partial charge on any atom is -0.489 e. The molecule has 7 nitrogen and oxygen atoms in total. The van der Waals surface area contributed by atoms with Gasteiger partial charge in [0.25, 0.3) is 5.91 Å². The third-order valence-corrected chi connectivity index (χ3v) is 4.96. The zero-order valence-electron chi connectivity index (χ0n) is 16.5. The van der Waals surface area contributed by atoms with Crippen LogP contribution < -0.4 is 25.0 Å². The second-order valence-electron chi connectivity index (χ2n) is 6.70. The Bertz CT molecular complexity index is 1070. The van der Waals surface area contributed by atoms with E-state index in [-0.39, 0.29) is 19.2 Å². The van der Waals surface area contributed by atoms with Gasteiger partial charge in [0, 0.05) is 16.2 Å². The van der Waals surface area contributed by atoms with Crippen molar-refractivity contribution in [2.45, 2.75) is 6.61 Å². The standard InChI is InChI=1S/C23H20BrN3O4/c24-18-5-1-17(2-6-18)14-29-20-8-3-16(4-9-20)12-26-27-23(28)13-25-19-7-10-21-22(11-19)31-15-30-21/h1-12,25H,13-15H2,(H,27,28)/b26-12-. The number of ether oxygens (including phenoxy) is 3. The molecule has 1 aliphatic heterocycles. The lowest BCUT2D eigenvalue weighted by molar-refractivity contribution is -0.119. The van der Waals surface area contributed by atoms with Crippen molar-refractivity contribution in [2.24, 2.45) is 5.10 Å². The topological polar surface area (TPSA) is 81.2 Å². The van der Waals surface area contributed by atoms with Gasteiger partial charge >= 0.3 is 0 Å². The highest BCUT2D eigenvalue weighted by atomic mass is 79.9. The molecule has 1 aliphatic rings. The summed E-state index contributed by atoms with van der Waals surface area (Å²) in [5.41, 5.74) is 5.20. The molecule has 8 heteroatoms. The zero-order valence-corrected chi connectivity index (χ0v) is 18.1. The molecule has 0 spiro atoms. The molecule has 0 bridgehead atoms. The molecule has 158 valence electrons. The van der Waals surface area contributed by atoms with Crippen LogP contribution in [-0.2, 0) is 11.4 Å². The van der Waals surface area contributed by atoms with E-state index in [0.717, 1.165) is 27.0 Å². The van der Waals surface area contributed by atoms with Crippen molar-refractivity contribution in [1.82, 2.24) is 5.43 Å². The molecule has 0 saturated heterocycles. The number of nitrogens with one attached hydrogen (secondary N) is 2. The minimum atomic E-state index is -0.261. The summed E-state index contributed by atoms with van der Waals surface area (Å²) in [5, 5.41) is 7.01. The van der Waals surface area contributed by atoms with Gasteiger partial charge in [-0.25, -0.2) is 5.43 Å². The molecule has 0 unspecified atom stereocenters. The smallest absolute Gasteiger partial charge is 0.259 e. The molecule has 0 fully saturated rings. The minimum absolute atomic E-state index is 0.0832. The maximum absolute atomic E-state index is 12.0. The van der Waals surface area contributed by atoms with Crippen molar-refractivity contribution < 1.29 is 19.0 Å². The van der Waals surface area contributed by atoms with Crippen LogP contribution >= 0.6 is 15.9 Å². The van der Waals surface area contributed by atoms with Crippen LogP contribution in [0.15, 0.2) is 76.3 Å². The van der Waals surface area contributed by atoms with Crippen molar-refractivity contribution >= 4 is 33.7 Å². The van der Waals surface area contributed by atoms with E-state index in [2.05, 4.69) is 31.8 Å². The fraction of sp³-hybridized carbons (Fsp3) is 0.130. The van der Waals surface area contributed by atoms with Gasteiger partial charge < -0.3 is 19.5 Å². The molecule has 3 aromatic carbocycles. The van der Waals surface area contributed by atoms with Gasteiger partial charge in [-0.2, -0.15) is 5.10 Å². The number of carbonyl (C=O) groups is 1. The fourth-order valence-corrected chi connectivity index (χ4v) is 3.07. The highest BCUT2D eigenvalue weighted by Gasteiger charge is 2.13. The first-order valence-corrected chi connectivity index (χ1v) is 10.4. The van der Waals surface area contributed by atoms with E-state index in [4.69, 9.17) is 14.2 Å². The molecule has 3 aromatic rings. The second-order valence-corrected chi connectivity index (χ2v) is 7.61. The summed E-state index contributed by atoms with van der Waals surface area (Å²) in [6, 6.07) is 20.9. The van der Waals surface area contributed by atoms with Gasteiger partial charge in [-0.05, 0) is 59.7 Å². The Morgan fingerprint density at radius 1 is 1.03 bits per heavy atom. The lowest BCUT2D eigenvalue weighted by Gasteiger charge is -2.07. The van der Waals surface area contributed by atoms with E-state index in [1.54, 1.807) is 18.3 Å². The molecule has 2 N–H and O–H groups in total. The van der Waals surface area contributed by atoms with Crippen LogP contribution in [0.25, 0.3) is 0 Å². The Balaban J connectivity index is 1.20. The largest absolute Gasteiger partial charge is 0.489 e. The van der Waals surface area contributed by atoms with E-state index in [1.165, 1.54) is 0 Å². The lowest BCUT2D eigenvalue weighted by atomic mass is 10.2. The molecule has 1 heterocycles. The molecule has 0 radical (unpaired) electrons. The first-order chi connectivity index (χ1) is 15.2. The van der Waals surface area contributed by atoms with E-state index in [1.807, 2.05) is 54.6 Å². The number of amides is 1. The number of hydrogen-bond acceptors (Lipinski definition) is 6. The fourth-order valence-electron chi connectivity index (χ4n) is 2.80. The second kappa shape index (κ2) is 9.99. The average molecular weight is 482 g/mol. The van der Waals surface area contributed by atoms with Gasteiger partial charge in [-0.15, -0.1) is 0 Å². The Morgan fingerprint density at radius 2 is 1.81 bits per heavy atom. The number of hydrogen-bond donors (Lipinski definition) is 2. The van der Waals surface area contributed by atoms with E-state index in [0.29, 0.717) is 18.1 Å². The molecular weight excluding hydrogens is 462 g/mol. The van der Waals surface area contributed by atoms with Crippen molar-refractivity contribution in [3.05, 3.63) is 82.3 Å². The van der Waals surface area contributed by atoms with Crippen LogP contribution in [-0.4, -0.2) is 25.5 Å². The van der Waals surface area contributed by atoms with Crippen LogP contribution in [0.5, 0.6) is 17.2 Å². The predicted molar refractivity (Wildman–Crippen MR) is 122 cm³/mol. The van der Waals surface area contributed by atoms with Gasteiger partial charge in [-0.3, -0.25) is 4.79 Å². The maximum atomic E-state index is 12.0. The number of carbonyl (C=O) groups excluding carboxylic acids is 1. The number of halogens is 1. The molecule has 0 aromatic heterocycles. The van der Waals surface area contributed by atoms with Crippen LogP contribution in [0.3, 0.4) is 0 Å². The third kappa shape index (κ3) is 5.99. The Morgan fingerprint density at radius 3 is 2.61 bits per heavy atom. The SMILES string of the molecule is O=C(CNc1ccc2c(c1)OCO2)N/N=C\c1ccc(OCc2ccc(Br)cc2)cc1. The molecule has 0 saturated carbocycles. The van der Waals surface area contributed by atoms with Crippen molar-refractivity contribution in [1.29, 1.82) is 0 Å². The van der Waals surface area contributed by atoms with Gasteiger partial charge in [0.1, 0.15) is 12.4 Å². The lowest BCUT2D eigenvalue weighted by Crippen LogP contribution is -2.25. The van der Waals surface area contributed by atoms with Gasteiger partial charge in [0.2, 0.25) is 6.79 Å². The van der Waals surface area contributed by atoms with Crippen molar-refractivity contribution in [3.8, 4) is 17.2 Å². The molecule has 0 aliphatic carbocycles. The van der Waals surface area contributed by atoms with E-state index >= 15 is 0 Å². The summed E-state index contributed by atoms with van der Waals surface area (Å²) in [4.78, 5) is 12.0. The monoisotopic (exact) mass is 481 g/mol. The molecule has 0 atom stereocenters. The van der Waals surface area contributed by atoms with E-state index in [9.17, 15) is 4.79 Å². The average Bonchev–Trinajstić information content (AvgIpc) is 3.26. The van der Waals surface area contributed by atoms with Gasteiger partial charge in [0.05, 0.1) is 12.8 Å². The molecule has 1 amide bonds. The van der Waals surface area contributed by atoms with Crippen molar-refractivity contribution in [2.75, 3.05) is 18.7 Å². The van der Waals surface area contributed by atoms with Gasteiger partial charge in [0.15, 0.2) is 11.5 Å². The molecular formula is C23H20BrN3O4. The summed E-state index contributed by atoms with van der Waals surface area (Å²) >= 11 is 3.42. The third-order valence-electron chi connectivity index (χ3n) is 4.43. The summed E-state index contributed by atoms with van der Waals surface area (Å²) < 4.78 is 17.4. The summed E-state index contributed by atoms with van der Waals surface area (Å²) in [6.45, 7) is 0.791. The predicted octanol–water partition coefficient (Wildman–Crippen LogP) is 4.32. The number of nitrogens with zero attached hydrogens (tertiary/aromatic N) is 1. The van der Waals surface area contributed by atoms with Crippen molar-refractivity contribution in [3.63, 3.8) is 0 Å². The van der Waals surface area contributed by atoms with Gasteiger partial charge in [-0.1, -0.05) is 28.1 Å². The number of fused-ring (bicyclic) bond motifs is 1. The Labute approximate surface area is 188 Å². The zero-order chi connectivity index (χ0) is 21.5. The maximum Gasteiger partial charge on any atom is 0.259 e. The van der Waals surface area contributed by atoms with Crippen LogP contribution in [0, 0.1) is 0 Å². The quantitative estimate of drug-likeness (QED) is 0.369. The van der Waals surface area contributed by atoms with E-state index < -0.39 is 0 Å². The van der Waals surface area contributed by atoms with Crippen LogP contribution in [0.4, 0.5) is 5.69 Å². The normalized spacial score (nSPS) is 12.0. The molecule has 4 rings (SSSR count). The first kappa shape index (κ1) is 20.7. The number of rotatable bonds is 8. The highest BCUT2D eigenvalue weighted by Crippen LogP contribution is 2.34. The Kier molecular flexibility index (Phi) is 6.68. The highest BCUT2D eigenvalue weighted by molar-refractivity contribution is 9.10. The summed E-state index contributed by atoms with van der Waals surface area (Å²) in [7, 11) is 0. The number of hydrazone groups is 1. The Hall–Kier alpha value is -3.52. The summed E-state index contributed by atoms with van der Waals surface area (Å²) in [6.07, 6.45) is 1.58. The molecule has 31 heavy (non-hydrogen) atoms. The van der Waals surface area contributed by atoms with Crippen LogP contribution in [0.1, 0.15) is 11.1 Å². The first-order valence-electron chi connectivity index (χ1n) is 9.58.